The zero-order valence-electron chi connectivity index (χ0n) is 10.7. The van der Waals surface area contributed by atoms with Crippen molar-refractivity contribution in [3.05, 3.63) is 46.9 Å². The summed E-state index contributed by atoms with van der Waals surface area (Å²) in [5.74, 6) is 13.2. The maximum absolute atomic E-state index is 3.33. The van der Waals surface area contributed by atoms with Gasteiger partial charge in [-0.25, -0.2) is 0 Å². The summed E-state index contributed by atoms with van der Waals surface area (Å²) in [6, 6.07) is 8.44. The molecule has 0 aliphatic heterocycles. The van der Waals surface area contributed by atoms with E-state index in [9.17, 15) is 0 Å². The van der Waals surface area contributed by atoms with Gasteiger partial charge in [0, 0.05) is 22.9 Å². The second-order valence-electron chi connectivity index (χ2n) is 4.45. The molecule has 1 heterocycles. The Morgan fingerprint density at radius 2 is 1.63 bits per heavy atom. The Hall–Kier alpha value is -1.96. The van der Waals surface area contributed by atoms with Crippen LogP contribution in [0.15, 0.2) is 36.4 Å². The minimum absolute atomic E-state index is 0.924. The highest BCUT2D eigenvalue weighted by atomic mass is 32.1. The summed E-state index contributed by atoms with van der Waals surface area (Å²) >= 11 is 1.76. The molecule has 0 saturated carbocycles. The van der Waals surface area contributed by atoms with Crippen LogP contribution >= 0.6 is 11.3 Å². The minimum Gasteiger partial charge on any atom is -0.125 e. The van der Waals surface area contributed by atoms with Gasteiger partial charge in [-0.05, 0) is 18.9 Å². The van der Waals surface area contributed by atoms with Crippen LogP contribution in [-0.4, -0.2) is 0 Å². The summed E-state index contributed by atoms with van der Waals surface area (Å²) in [7, 11) is 0. The Kier molecular flexibility index (Phi) is 3.68. The fourth-order valence-corrected chi connectivity index (χ4v) is 3.13. The van der Waals surface area contributed by atoms with Gasteiger partial charge in [-0.1, -0.05) is 54.0 Å². The van der Waals surface area contributed by atoms with E-state index in [4.69, 9.17) is 0 Å². The van der Waals surface area contributed by atoms with Crippen LogP contribution in [0.3, 0.4) is 0 Å². The first-order valence-electron chi connectivity index (χ1n) is 6.59. The highest BCUT2D eigenvalue weighted by Crippen LogP contribution is 2.30. The first kappa shape index (κ1) is 12.1. The second kappa shape index (κ2) is 5.79. The number of thiophene rings is 1. The van der Waals surface area contributed by atoms with E-state index < -0.39 is 0 Å². The molecule has 1 heteroatoms. The summed E-state index contributed by atoms with van der Waals surface area (Å²) in [6.07, 6.45) is 8.36. The van der Waals surface area contributed by atoms with E-state index >= 15 is 0 Å². The van der Waals surface area contributed by atoms with Gasteiger partial charge < -0.3 is 0 Å². The maximum Gasteiger partial charge on any atom is 0.0937 e. The van der Waals surface area contributed by atoms with Crippen LogP contribution in [-0.2, 0) is 0 Å². The fraction of sp³-hybridized carbons (Fsp3) is 0.222. The van der Waals surface area contributed by atoms with Gasteiger partial charge in [0.25, 0.3) is 0 Å². The molecule has 0 atom stereocenters. The third kappa shape index (κ3) is 2.73. The topological polar surface area (TPSA) is 0 Å². The van der Waals surface area contributed by atoms with Crippen LogP contribution in [0.25, 0.3) is 10.1 Å². The maximum atomic E-state index is 3.33. The molecule has 3 rings (SSSR count). The van der Waals surface area contributed by atoms with Crippen LogP contribution in [0.4, 0.5) is 0 Å². The molecule has 0 amide bonds. The first-order valence-corrected chi connectivity index (χ1v) is 7.41. The lowest BCUT2D eigenvalue weighted by Crippen LogP contribution is -1.78. The summed E-state index contributed by atoms with van der Waals surface area (Å²) in [5.41, 5.74) is 1.12. The van der Waals surface area contributed by atoms with Gasteiger partial charge in [0.2, 0.25) is 0 Å². The predicted molar refractivity (Wildman–Crippen MR) is 83.2 cm³/mol. The molecule has 0 fully saturated rings. The molecule has 92 valence electrons. The lowest BCUT2D eigenvalue weighted by atomic mass is 10.1. The van der Waals surface area contributed by atoms with Crippen molar-refractivity contribution < 1.29 is 0 Å². The van der Waals surface area contributed by atoms with Gasteiger partial charge in [-0.15, -0.1) is 11.3 Å². The molecule has 0 unspecified atom stereocenters. The highest BCUT2D eigenvalue weighted by Gasteiger charge is 2.07. The smallest absolute Gasteiger partial charge is 0.0937 e. The number of hydrogen-bond donors (Lipinski definition) is 0. The normalized spacial score (nSPS) is 16.0. The molecule has 0 bridgehead atoms. The Bertz CT molecular complexity index is 739. The molecular weight excluding hydrogens is 248 g/mol. The third-order valence-electron chi connectivity index (χ3n) is 3.05. The quantitative estimate of drug-likeness (QED) is 0.475. The lowest BCUT2D eigenvalue weighted by Gasteiger charge is -1.91. The van der Waals surface area contributed by atoms with Crippen LogP contribution in [0.1, 0.15) is 36.1 Å². The third-order valence-corrected chi connectivity index (χ3v) is 4.14. The molecule has 0 saturated heterocycles. The van der Waals surface area contributed by atoms with E-state index in [1.54, 1.807) is 11.3 Å². The average molecular weight is 262 g/mol. The first-order chi connectivity index (χ1) is 9.45. The minimum atomic E-state index is 0.924. The van der Waals surface area contributed by atoms with Crippen molar-refractivity contribution in [3.8, 4) is 23.7 Å². The Morgan fingerprint density at radius 3 is 2.47 bits per heavy atom. The Morgan fingerprint density at radius 1 is 0.895 bits per heavy atom. The van der Waals surface area contributed by atoms with E-state index in [-0.39, 0.29) is 0 Å². The van der Waals surface area contributed by atoms with Crippen LogP contribution in [0.2, 0.25) is 0 Å². The lowest BCUT2D eigenvalue weighted by molar-refractivity contribution is 1.03. The zero-order chi connectivity index (χ0) is 12.9. The van der Waals surface area contributed by atoms with Crippen molar-refractivity contribution in [2.24, 2.45) is 0 Å². The molecular formula is C18H14S. The molecule has 1 aliphatic carbocycles. The predicted octanol–water partition coefficient (Wildman–Crippen LogP) is 4.73. The van der Waals surface area contributed by atoms with Crippen molar-refractivity contribution in [1.29, 1.82) is 0 Å². The molecule has 19 heavy (non-hydrogen) atoms. The molecule has 0 N–H and O–H groups in total. The SMILES string of the molecule is C1#Cc2sc3ccccc3c2C#CCC/C=C/CC1. The number of benzene rings is 1. The molecule has 1 aliphatic rings. The van der Waals surface area contributed by atoms with Crippen LogP contribution in [0, 0.1) is 23.7 Å². The Labute approximate surface area is 118 Å². The molecule has 1 aromatic heterocycles. The summed E-state index contributed by atoms with van der Waals surface area (Å²) in [6.45, 7) is 0. The molecule has 2 aromatic rings. The average Bonchev–Trinajstić information content (AvgIpc) is 2.77. The van der Waals surface area contributed by atoms with Crippen molar-refractivity contribution in [2.45, 2.75) is 25.7 Å². The van der Waals surface area contributed by atoms with Gasteiger partial charge in [0.05, 0.1) is 10.4 Å². The molecule has 0 nitrogen and oxygen atoms in total. The van der Waals surface area contributed by atoms with Gasteiger partial charge in [0.1, 0.15) is 0 Å². The fourth-order valence-electron chi connectivity index (χ4n) is 2.10. The summed E-state index contributed by atoms with van der Waals surface area (Å²) in [5, 5.41) is 1.25. The van der Waals surface area contributed by atoms with E-state index in [2.05, 4.69) is 60.1 Å². The van der Waals surface area contributed by atoms with Crippen molar-refractivity contribution >= 4 is 21.4 Å². The van der Waals surface area contributed by atoms with E-state index in [0.29, 0.717) is 0 Å². The highest BCUT2D eigenvalue weighted by molar-refractivity contribution is 7.19. The summed E-state index contributed by atoms with van der Waals surface area (Å²) in [4.78, 5) is 1.12. The molecule has 0 spiro atoms. The van der Waals surface area contributed by atoms with Crippen molar-refractivity contribution in [2.75, 3.05) is 0 Å². The van der Waals surface area contributed by atoms with Crippen LogP contribution in [0.5, 0.6) is 0 Å². The van der Waals surface area contributed by atoms with Gasteiger partial charge in [-0.2, -0.15) is 0 Å². The largest absolute Gasteiger partial charge is 0.125 e. The monoisotopic (exact) mass is 262 g/mol. The van der Waals surface area contributed by atoms with Crippen molar-refractivity contribution in [1.82, 2.24) is 0 Å². The molecule has 0 radical (unpaired) electrons. The number of fused-ring (bicyclic) bond motifs is 3. The number of hydrogen-bond acceptors (Lipinski definition) is 1. The van der Waals surface area contributed by atoms with E-state index in [1.165, 1.54) is 10.1 Å². The Balaban J connectivity index is 2.12. The molecule has 1 aromatic carbocycles. The summed E-state index contributed by atoms with van der Waals surface area (Å²) < 4.78 is 1.28. The van der Waals surface area contributed by atoms with E-state index in [0.717, 1.165) is 36.1 Å². The van der Waals surface area contributed by atoms with Gasteiger partial charge in [0.15, 0.2) is 0 Å². The van der Waals surface area contributed by atoms with Gasteiger partial charge >= 0.3 is 0 Å². The number of allylic oxidation sites excluding steroid dienone is 2. The number of rotatable bonds is 0. The van der Waals surface area contributed by atoms with Crippen LogP contribution < -0.4 is 0 Å². The van der Waals surface area contributed by atoms with Gasteiger partial charge in [-0.3, -0.25) is 0 Å². The standard InChI is InChI=1S/C18H14S/c1-2-4-6-8-13-17-15(11-7-5-3-1)16-12-9-10-14-18(16)19-17/h1-2,9-10,12,14H,3-6H2/b2-1+. The van der Waals surface area contributed by atoms with E-state index in [1.807, 2.05) is 0 Å². The zero-order valence-corrected chi connectivity index (χ0v) is 11.5. The second-order valence-corrected chi connectivity index (χ2v) is 5.51. The van der Waals surface area contributed by atoms with Crippen molar-refractivity contribution in [3.63, 3.8) is 0 Å².